The second-order valence-corrected chi connectivity index (χ2v) is 3.93. The van der Waals surface area contributed by atoms with Crippen LogP contribution >= 0.6 is 0 Å². The van der Waals surface area contributed by atoms with Crippen LogP contribution in [0.15, 0.2) is 11.6 Å². The lowest BCUT2D eigenvalue weighted by molar-refractivity contribution is -0.132. The molecule has 0 saturated heterocycles. The lowest BCUT2D eigenvalue weighted by Gasteiger charge is -2.24. The monoisotopic (exact) mass is 201 g/mol. The van der Waals surface area contributed by atoms with Crippen LogP contribution in [0.2, 0.25) is 0 Å². The summed E-state index contributed by atoms with van der Waals surface area (Å²) in [6.07, 6.45) is 2.27. The number of aliphatic hydroxyl groups excluding tert-OH is 1. The summed E-state index contributed by atoms with van der Waals surface area (Å²) in [4.78, 5) is 10.4. The number of hydrogen-bond donors (Lipinski definition) is 3. The fourth-order valence-electron chi connectivity index (χ4n) is 0.936. The summed E-state index contributed by atoms with van der Waals surface area (Å²) >= 11 is 0. The van der Waals surface area contributed by atoms with Crippen molar-refractivity contribution >= 4 is 5.97 Å². The Bertz CT molecular complexity index is 221. The summed E-state index contributed by atoms with van der Waals surface area (Å²) in [6.45, 7) is 6.12. The molecule has 0 unspecified atom stereocenters. The topological polar surface area (TPSA) is 69.6 Å². The number of carboxylic acids is 1. The SMILES string of the molecule is CC(=CCNC(C)(C)CCO)C(=O)O. The molecule has 0 aromatic rings. The van der Waals surface area contributed by atoms with E-state index in [-0.39, 0.29) is 12.1 Å². The number of nitrogens with one attached hydrogen (secondary N) is 1. The smallest absolute Gasteiger partial charge is 0.330 e. The normalized spacial score (nSPS) is 13.0. The molecule has 0 aliphatic heterocycles. The van der Waals surface area contributed by atoms with Crippen LogP contribution in [0.4, 0.5) is 0 Å². The van der Waals surface area contributed by atoms with Gasteiger partial charge in [-0.3, -0.25) is 0 Å². The molecule has 0 aliphatic rings. The van der Waals surface area contributed by atoms with Crippen LogP contribution in [-0.2, 0) is 4.79 Å². The predicted molar refractivity (Wildman–Crippen MR) is 55.2 cm³/mol. The van der Waals surface area contributed by atoms with Crippen molar-refractivity contribution in [3.63, 3.8) is 0 Å². The number of aliphatic carboxylic acids is 1. The Morgan fingerprint density at radius 2 is 2.07 bits per heavy atom. The average molecular weight is 201 g/mol. The number of carboxylic acid groups (broad SMARTS) is 1. The van der Waals surface area contributed by atoms with Crippen LogP contribution in [0, 0.1) is 0 Å². The molecular formula is C10H19NO3. The van der Waals surface area contributed by atoms with E-state index >= 15 is 0 Å². The Hall–Kier alpha value is -0.870. The molecule has 3 N–H and O–H groups in total. The van der Waals surface area contributed by atoms with Gasteiger partial charge in [-0.05, 0) is 27.2 Å². The summed E-state index contributed by atoms with van der Waals surface area (Å²) in [5.41, 5.74) is 0.168. The van der Waals surface area contributed by atoms with Crippen LogP contribution in [-0.4, -0.2) is 34.9 Å². The van der Waals surface area contributed by atoms with E-state index in [2.05, 4.69) is 5.32 Å². The van der Waals surface area contributed by atoms with Crippen molar-refractivity contribution < 1.29 is 15.0 Å². The van der Waals surface area contributed by atoms with E-state index in [9.17, 15) is 4.79 Å². The van der Waals surface area contributed by atoms with Crippen LogP contribution < -0.4 is 5.32 Å². The van der Waals surface area contributed by atoms with Crippen molar-refractivity contribution in [2.75, 3.05) is 13.2 Å². The zero-order valence-electron chi connectivity index (χ0n) is 9.00. The molecule has 0 aromatic heterocycles. The Labute approximate surface area is 84.6 Å². The number of aliphatic hydroxyl groups is 1. The Kier molecular flexibility index (Phi) is 5.42. The predicted octanol–water partition coefficient (Wildman–Crippen LogP) is 0.768. The highest BCUT2D eigenvalue weighted by Gasteiger charge is 2.14. The van der Waals surface area contributed by atoms with Crippen molar-refractivity contribution in [3.05, 3.63) is 11.6 Å². The average Bonchev–Trinajstić information content (AvgIpc) is 2.03. The van der Waals surface area contributed by atoms with E-state index in [0.717, 1.165) is 0 Å². The molecule has 4 heteroatoms. The van der Waals surface area contributed by atoms with E-state index in [0.29, 0.717) is 18.5 Å². The van der Waals surface area contributed by atoms with Gasteiger partial charge in [-0.1, -0.05) is 6.08 Å². The van der Waals surface area contributed by atoms with Crippen molar-refractivity contribution in [1.82, 2.24) is 5.32 Å². The first kappa shape index (κ1) is 13.1. The summed E-state index contributed by atoms with van der Waals surface area (Å²) in [5, 5.41) is 20.5. The van der Waals surface area contributed by atoms with Crippen LogP contribution in [0.5, 0.6) is 0 Å². The van der Waals surface area contributed by atoms with Gasteiger partial charge in [0.25, 0.3) is 0 Å². The minimum atomic E-state index is -0.897. The maximum Gasteiger partial charge on any atom is 0.330 e. The molecule has 0 fully saturated rings. The van der Waals surface area contributed by atoms with Gasteiger partial charge in [0, 0.05) is 24.3 Å². The Morgan fingerprint density at radius 1 is 1.50 bits per heavy atom. The quantitative estimate of drug-likeness (QED) is 0.555. The van der Waals surface area contributed by atoms with Gasteiger partial charge in [-0.2, -0.15) is 0 Å². The molecule has 4 nitrogen and oxygen atoms in total. The lowest BCUT2D eigenvalue weighted by Crippen LogP contribution is -2.40. The molecule has 82 valence electrons. The molecule has 14 heavy (non-hydrogen) atoms. The van der Waals surface area contributed by atoms with Gasteiger partial charge in [0.05, 0.1) is 0 Å². The van der Waals surface area contributed by atoms with Gasteiger partial charge < -0.3 is 15.5 Å². The largest absolute Gasteiger partial charge is 0.478 e. The second-order valence-electron chi connectivity index (χ2n) is 3.93. The molecule has 0 bridgehead atoms. The summed E-state index contributed by atoms with van der Waals surface area (Å²) in [7, 11) is 0. The zero-order chi connectivity index (χ0) is 11.2. The van der Waals surface area contributed by atoms with Crippen LogP contribution in [0.3, 0.4) is 0 Å². The lowest BCUT2D eigenvalue weighted by atomic mass is 10.0. The third kappa shape index (κ3) is 5.72. The van der Waals surface area contributed by atoms with E-state index in [4.69, 9.17) is 10.2 Å². The highest BCUT2D eigenvalue weighted by molar-refractivity contribution is 5.85. The molecule has 0 heterocycles. The molecule has 0 aliphatic carbocycles. The van der Waals surface area contributed by atoms with E-state index in [1.165, 1.54) is 0 Å². The molecule has 0 rings (SSSR count). The molecule has 0 spiro atoms. The van der Waals surface area contributed by atoms with Crippen molar-refractivity contribution in [1.29, 1.82) is 0 Å². The highest BCUT2D eigenvalue weighted by atomic mass is 16.4. The number of hydrogen-bond acceptors (Lipinski definition) is 3. The molecule has 0 aromatic carbocycles. The van der Waals surface area contributed by atoms with Crippen LogP contribution in [0.1, 0.15) is 27.2 Å². The number of carbonyl (C=O) groups is 1. The van der Waals surface area contributed by atoms with Crippen LogP contribution in [0.25, 0.3) is 0 Å². The van der Waals surface area contributed by atoms with E-state index in [1.807, 2.05) is 13.8 Å². The minimum absolute atomic E-state index is 0.127. The van der Waals surface area contributed by atoms with Crippen molar-refractivity contribution in [2.24, 2.45) is 0 Å². The van der Waals surface area contributed by atoms with Crippen molar-refractivity contribution in [2.45, 2.75) is 32.7 Å². The second kappa shape index (κ2) is 5.78. The van der Waals surface area contributed by atoms with Gasteiger partial charge in [-0.25, -0.2) is 4.79 Å². The first-order valence-electron chi connectivity index (χ1n) is 4.65. The fourth-order valence-corrected chi connectivity index (χ4v) is 0.936. The third-order valence-electron chi connectivity index (χ3n) is 2.06. The molecule has 0 saturated carbocycles. The maximum atomic E-state index is 10.4. The third-order valence-corrected chi connectivity index (χ3v) is 2.06. The van der Waals surface area contributed by atoms with Crippen molar-refractivity contribution in [3.8, 4) is 0 Å². The highest BCUT2D eigenvalue weighted by Crippen LogP contribution is 2.06. The van der Waals surface area contributed by atoms with E-state index < -0.39 is 5.97 Å². The van der Waals surface area contributed by atoms with Gasteiger partial charge >= 0.3 is 5.97 Å². The Balaban J connectivity index is 3.94. The van der Waals surface area contributed by atoms with Gasteiger partial charge in [0.2, 0.25) is 0 Å². The molecular weight excluding hydrogens is 182 g/mol. The first-order chi connectivity index (χ1) is 6.39. The van der Waals surface area contributed by atoms with Gasteiger partial charge in [0.1, 0.15) is 0 Å². The van der Waals surface area contributed by atoms with Gasteiger partial charge in [0.15, 0.2) is 0 Å². The molecule has 0 amide bonds. The fraction of sp³-hybridized carbons (Fsp3) is 0.700. The number of rotatable bonds is 6. The van der Waals surface area contributed by atoms with E-state index in [1.54, 1.807) is 13.0 Å². The first-order valence-corrected chi connectivity index (χ1v) is 4.65. The summed E-state index contributed by atoms with van der Waals surface area (Å²) in [6, 6.07) is 0. The molecule has 0 atom stereocenters. The van der Waals surface area contributed by atoms with Gasteiger partial charge in [-0.15, -0.1) is 0 Å². The maximum absolute atomic E-state index is 10.4. The molecule has 0 radical (unpaired) electrons. The standard InChI is InChI=1S/C10H19NO3/c1-8(9(13)14)4-6-11-10(2,3)5-7-12/h4,11-12H,5-7H2,1-3H3,(H,13,14). The Morgan fingerprint density at radius 3 is 2.50 bits per heavy atom. The zero-order valence-corrected chi connectivity index (χ0v) is 9.00. The summed E-state index contributed by atoms with van der Waals surface area (Å²) in [5.74, 6) is -0.897. The summed E-state index contributed by atoms with van der Waals surface area (Å²) < 4.78 is 0. The minimum Gasteiger partial charge on any atom is -0.478 e.